The van der Waals surface area contributed by atoms with Crippen LogP contribution in [0.1, 0.15) is 33.6 Å². The quantitative estimate of drug-likeness (QED) is 0.389. The van der Waals surface area contributed by atoms with Crippen molar-refractivity contribution in [2.75, 3.05) is 33.3 Å². The van der Waals surface area contributed by atoms with Crippen molar-refractivity contribution in [3.63, 3.8) is 0 Å². The van der Waals surface area contributed by atoms with E-state index in [1.807, 2.05) is 0 Å². The number of hydrogen-bond donors (Lipinski definition) is 0. The van der Waals surface area contributed by atoms with Gasteiger partial charge in [0.05, 0.1) is 18.6 Å². The smallest absolute Gasteiger partial charge is 0.267 e. The van der Waals surface area contributed by atoms with Gasteiger partial charge in [0.15, 0.2) is 5.78 Å². The molecule has 0 unspecified atom stereocenters. The number of likely N-dealkylation sites (tertiary alicyclic amines) is 1. The number of methoxy groups -OCH3 is 1. The second-order valence-electron chi connectivity index (χ2n) is 8.91. The van der Waals surface area contributed by atoms with Crippen LogP contribution in [0.2, 0.25) is 0 Å². The summed E-state index contributed by atoms with van der Waals surface area (Å²) in [5.41, 5.74) is 0.772. The van der Waals surface area contributed by atoms with E-state index >= 15 is 0 Å². The van der Waals surface area contributed by atoms with Gasteiger partial charge in [-0.3, -0.25) is 9.59 Å². The third-order valence-corrected chi connectivity index (χ3v) is 8.40. The Morgan fingerprint density at radius 1 is 0.919 bits per heavy atom. The van der Waals surface area contributed by atoms with Crippen molar-refractivity contribution in [1.29, 1.82) is 0 Å². The summed E-state index contributed by atoms with van der Waals surface area (Å²) in [6.07, 6.45) is 1.21. The van der Waals surface area contributed by atoms with Crippen molar-refractivity contribution in [1.82, 2.24) is 9.21 Å². The van der Waals surface area contributed by atoms with E-state index in [9.17, 15) is 22.4 Å². The van der Waals surface area contributed by atoms with Crippen molar-refractivity contribution >= 4 is 21.7 Å². The Morgan fingerprint density at radius 3 is 2.14 bits per heavy atom. The molecule has 1 aliphatic rings. The summed E-state index contributed by atoms with van der Waals surface area (Å²) in [7, 11) is -2.63. The minimum Gasteiger partial charge on any atom is -0.497 e. The van der Waals surface area contributed by atoms with Gasteiger partial charge < -0.3 is 9.64 Å². The molecule has 0 atom stereocenters. The lowest BCUT2D eigenvalue weighted by molar-refractivity contribution is 0.0810. The van der Waals surface area contributed by atoms with Crippen LogP contribution in [-0.4, -0.2) is 62.6 Å². The Hall–Kier alpha value is -3.56. The number of sulfonamides is 1. The molecule has 1 fully saturated rings. The van der Waals surface area contributed by atoms with Crippen LogP contribution < -0.4 is 4.74 Å². The normalized spacial score (nSPS) is 14.8. The van der Waals surface area contributed by atoms with Crippen molar-refractivity contribution < 1.29 is 27.1 Å². The number of rotatable bonds is 9. The molecule has 37 heavy (non-hydrogen) atoms. The Bertz CT molecular complexity index is 1320. The molecule has 9 heteroatoms. The molecular weight excluding hydrogens is 495 g/mol. The van der Waals surface area contributed by atoms with E-state index in [1.54, 1.807) is 42.5 Å². The van der Waals surface area contributed by atoms with Crippen LogP contribution in [0.5, 0.6) is 5.75 Å². The SMILES string of the molecule is COc1ccc(S(=O)(=O)N(CCN2CCC(C(=O)c3ccc(F)cc3)CC2)C(=O)c2ccccc2)cc1. The summed E-state index contributed by atoms with van der Waals surface area (Å²) in [5.74, 6) is -0.657. The van der Waals surface area contributed by atoms with Crippen LogP contribution >= 0.6 is 0 Å². The summed E-state index contributed by atoms with van der Waals surface area (Å²) in [6.45, 7) is 1.49. The number of benzene rings is 3. The number of carbonyl (C=O) groups excluding carboxylic acids is 2. The summed E-state index contributed by atoms with van der Waals surface area (Å²) in [4.78, 5) is 28.2. The van der Waals surface area contributed by atoms with E-state index in [0.717, 1.165) is 4.31 Å². The second-order valence-corrected chi connectivity index (χ2v) is 10.8. The van der Waals surface area contributed by atoms with Crippen LogP contribution in [0, 0.1) is 11.7 Å². The number of ketones is 1. The molecule has 1 saturated heterocycles. The molecular formula is C28H29FN2O5S. The number of ether oxygens (including phenoxy) is 1. The molecule has 0 saturated carbocycles. The molecule has 0 spiro atoms. The van der Waals surface area contributed by atoms with E-state index in [4.69, 9.17) is 4.74 Å². The van der Waals surface area contributed by atoms with Crippen LogP contribution in [0.4, 0.5) is 4.39 Å². The number of halogens is 1. The monoisotopic (exact) mass is 524 g/mol. The van der Waals surface area contributed by atoms with E-state index in [2.05, 4.69) is 4.90 Å². The largest absolute Gasteiger partial charge is 0.497 e. The highest BCUT2D eigenvalue weighted by Gasteiger charge is 2.32. The Balaban J connectivity index is 1.45. The second kappa shape index (κ2) is 11.7. The van der Waals surface area contributed by atoms with Crippen molar-refractivity contribution in [3.05, 3.63) is 95.8 Å². The van der Waals surface area contributed by atoms with Crippen molar-refractivity contribution in [2.24, 2.45) is 5.92 Å². The summed E-state index contributed by atoms with van der Waals surface area (Å²) >= 11 is 0. The highest BCUT2D eigenvalue weighted by Crippen LogP contribution is 2.24. The van der Waals surface area contributed by atoms with Gasteiger partial charge in [-0.15, -0.1) is 0 Å². The van der Waals surface area contributed by atoms with Crippen molar-refractivity contribution in [3.8, 4) is 5.75 Å². The zero-order chi connectivity index (χ0) is 26.4. The summed E-state index contributed by atoms with van der Waals surface area (Å²) in [5, 5.41) is 0. The van der Waals surface area contributed by atoms with Crippen LogP contribution in [0.25, 0.3) is 0 Å². The zero-order valence-electron chi connectivity index (χ0n) is 20.5. The average Bonchev–Trinajstić information content (AvgIpc) is 2.94. The molecule has 4 rings (SSSR count). The maximum Gasteiger partial charge on any atom is 0.267 e. The number of Topliss-reactive ketones (excluding diaryl/α,β-unsaturated/α-hetero) is 1. The lowest BCUT2D eigenvalue weighted by Crippen LogP contribution is -2.44. The van der Waals surface area contributed by atoms with Gasteiger partial charge in [-0.05, 0) is 86.6 Å². The van der Waals surface area contributed by atoms with Gasteiger partial charge in [0.25, 0.3) is 15.9 Å². The zero-order valence-corrected chi connectivity index (χ0v) is 21.4. The fourth-order valence-corrected chi connectivity index (χ4v) is 5.81. The number of amides is 1. The molecule has 0 aromatic heterocycles. The van der Waals surface area contributed by atoms with Gasteiger partial charge in [-0.25, -0.2) is 17.1 Å². The molecule has 0 radical (unpaired) electrons. The maximum absolute atomic E-state index is 13.5. The molecule has 3 aromatic rings. The van der Waals surface area contributed by atoms with Gasteiger partial charge in [0.2, 0.25) is 0 Å². The van der Waals surface area contributed by atoms with Gasteiger partial charge in [-0.1, -0.05) is 18.2 Å². The van der Waals surface area contributed by atoms with Gasteiger partial charge in [-0.2, -0.15) is 0 Å². The summed E-state index contributed by atoms with van der Waals surface area (Å²) < 4.78 is 46.3. The molecule has 0 N–H and O–H groups in total. The van der Waals surface area contributed by atoms with Gasteiger partial charge in [0, 0.05) is 23.6 Å². The Morgan fingerprint density at radius 2 is 1.54 bits per heavy atom. The fourth-order valence-electron chi connectivity index (χ4n) is 4.43. The molecule has 0 aliphatic carbocycles. The van der Waals surface area contributed by atoms with Crippen LogP contribution in [-0.2, 0) is 10.0 Å². The Kier molecular flexibility index (Phi) is 8.35. The van der Waals surface area contributed by atoms with E-state index < -0.39 is 15.9 Å². The predicted molar refractivity (Wildman–Crippen MR) is 138 cm³/mol. The number of piperidine rings is 1. The highest BCUT2D eigenvalue weighted by atomic mass is 32.2. The number of nitrogens with zero attached hydrogens (tertiary/aromatic N) is 2. The fraction of sp³-hybridized carbons (Fsp3) is 0.286. The third-order valence-electron chi connectivity index (χ3n) is 6.60. The average molecular weight is 525 g/mol. The first-order valence-corrected chi connectivity index (χ1v) is 13.5. The molecule has 1 amide bonds. The molecule has 1 heterocycles. The van der Waals surface area contributed by atoms with Crippen LogP contribution in [0.15, 0.2) is 83.8 Å². The third kappa shape index (κ3) is 6.23. The molecule has 7 nitrogen and oxygen atoms in total. The van der Waals surface area contributed by atoms with Crippen LogP contribution in [0.3, 0.4) is 0 Å². The Labute approximate surface area is 216 Å². The topological polar surface area (TPSA) is 84.0 Å². The minimum absolute atomic E-state index is 0.00110. The van der Waals surface area contributed by atoms with E-state index in [1.165, 1.54) is 43.5 Å². The van der Waals surface area contributed by atoms with E-state index in [0.29, 0.717) is 43.8 Å². The number of carbonyl (C=O) groups is 2. The van der Waals surface area contributed by atoms with E-state index in [-0.39, 0.29) is 34.5 Å². The molecule has 3 aromatic carbocycles. The van der Waals surface area contributed by atoms with Crippen molar-refractivity contribution in [2.45, 2.75) is 17.7 Å². The highest BCUT2D eigenvalue weighted by molar-refractivity contribution is 7.89. The molecule has 0 bridgehead atoms. The first-order valence-electron chi connectivity index (χ1n) is 12.1. The van der Waals surface area contributed by atoms with Gasteiger partial charge in [0.1, 0.15) is 11.6 Å². The predicted octanol–water partition coefficient (Wildman–Crippen LogP) is 4.26. The first-order chi connectivity index (χ1) is 17.8. The van der Waals surface area contributed by atoms with Gasteiger partial charge >= 0.3 is 0 Å². The maximum atomic E-state index is 13.5. The lowest BCUT2D eigenvalue weighted by Gasteiger charge is -2.33. The first kappa shape index (κ1) is 26.5. The number of hydrogen-bond acceptors (Lipinski definition) is 6. The molecule has 194 valence electrons. The lowest BCUT2D eigenvalue weighted by atomic mass is 9.89. The minimum atomic E-state index is -4.12. The standard InChI is InChI=1S/C28H29FN2O5S/c1-36-25-11-13-26(14-12-25)37(34,35)31(28(33)23-5-3-2-4-6-23)20-19-30-17-15-22(16-18-30)27(32)21-7-9-24(29)10-8-21/h2-14,22H,15-20H2,1H3. The molecule has 1 aliphatic heterocycles. The summed E-state index contributed by atoms with van der Waals surface area (Å²) in [6, 6.07) is 19.8.